The SMILES string of the molecule is COc1ccc2[nH]c(-c3ccccc3)c(C[NH+]3CCC(C)CC3)c(=O)c2c1. The Bertz CT molecular complexity index is 986. The van der Waals surface area contributed by atoms with Crippen molar-refractivity contribution in [1.29, 1.82) is 0 Å². The number of fused-ring (bicyclic) bond motifs is 1. The Morgan fingerprint density at radius 3 is 2.56 bits per heavy atom. The summed E-state index contributed by atoms with van der Waals surface area (Å²) < 4.78 is 5.34. The van der Waals surface area contributed by atoms with E-state index in [1.807, 2.05) is 36.4 Å². The van der Waals surface area contributed by atoms with E-state index < -0.39 is 0 Å². The van der Waals surface area contributed by atoms with Gasteiger partial charge in [-0.3, -0.25) is 4.79 Å². The van der Waals surface area contributed by atoms with Gasteiger partial charge in [-0.2, -0.15) is 0 Å². The van der Waals surface area contributed by atoms with E-state index in [-0.39, 0.29) is 5.43 Å². The van der Waals surface area contributed by atoms with Crippen LogP contribution in [0.3, 0.4) is 0 Å². The number of nitrogens with one attached hydrogen (secondary N) is 2. The molecule has 0 spiro atoms. The Balaban J connectivity index is 1.84. The van der Waals surface area contributed by atoms with Gasteiger partial charge in [-0.25, -0.2) is 0 Å². The lowest BCUT2D eigenvalue weighted by Crippen LogP contribution is -3.11. The molecule has 0 radical (unpaired) electrons. The van der Waals surface area contributed by atoms with Crippen molar-refractivity contribution in [3.63, 3.8) is 0 Å². The molecule has 0 bridgehead atoms. The van der Waals surface area contributed by atoms with E-state index in [2.05, 4.69) is 24.0 Å². The monoisotopic (exact) mass is 363 g/mol. The summed E-state index contributed by atoms with van der Waals surface area (Å²) in [5, 5.41) is 0.703. The number of ether oxygens (including phenoxy) is 1. The maximum atomic E-state index is 13.4. The van der Waals surface area contributed by atoms with Gasteiger partial charge >= 0.3 is 0 Å². The first-order chi connectivity index (χ1) is 13.2. The molecule has 0 unspecified atom stereocenters. The molecule has 0 amide bonds. The molecule has 0 saturated carbocycles. The number of aromatic amines is 1. The van der Waals surface area contributed by atoms with Crippen LogP contribution in [-0.2, 0) is 6.54 Å². The minimum Gasteiger partial charge on any atom is -0.497 e. The van der Waals surface area contributed by atoms with Crippen LogP contribution >= 0.6 is 0 Å². The number of hydrogen-bond acceptors (Lipinski definition) is 2. The Labute approximate surface area is 159 Å². The van der Waals surface area contributed by atoms with Gasteiger partial charge < -0.3 is 14.6 Å². The fourth-order valence-corrected chi connectivity index (χ4v) is 4.05. The highest BCUT2D eigenvalue weighted by atomic mass is 16.5. The van der Waals surface area contributed by atoms with Crippen molar-refractivity contribution in [2.75, 3.05) is 20.2 Å². The van der Waals surface area contributed by atoms with Crippen molar-refractivity contribution in [3.05, 3.63) is 64.3 Å². The van der Waals surface area contributed by atoms with E-state index >= 15 is 0 Å². The standard InChI is InChI=1S/C23H26N2O2/c1-16-10-12-25(13-11-16)15-20-22(17-6-4-3-5-7-17)24-21-9-8-18(27-2)14-19(21)23(20)26/h3-9,14,16H,10-13,15H2,1-2H3,(H,24,26)/p+1. The number of rotatable bonds is 4. The van der Waals surface area contributed by atoms with Crippen molar-refractivity contribution in [1.82, 2.24) is 4.98 Å². The molecule has 1 aliphatic rings. The number of H-pyrrole nitrogens is 1. The molecule has 4 nitrogen and oxygen atoms in total. The summed E-state index contributed by atoms with van der Waals surface area (Å²) in [6.45, 7) is 5.34. The zero-order valence-corrected chi connectivity index (χ0v) is 16.0. The average Bonchev–Trinajstić information content (AvgIpc) is 2.72. The number of pyridine rings is 1. The normalized spacial score (nSPS) is 19.9. The molecule has 27 heavy (non-hydrogen) atoms. The third-order valence-corrected chi connectivity index (χ3v) is 5.78. The molecule has 4 rings (SSSR count). The summed E-state index contributed by atoms with van der Waals surface area (Å²) in [5.74, 6) is 1.51. The van der Waals surface area contributed by atoms with E-state index in [0.717, 1.165) is 47.9 Å². The van der Waals surface area contributed by atoms with Crippen LogP contribution in [0.1, 0.15) is 25.3 Å². The molecule has 2 N–H and O–H groups in total. The van der Waals surface area contributed by atoms with Crippen LogP contribution in [0.2, 0.25) is 0 Å². The molecule has 2 heterocycles. The van der Waals surface area contributed by atoms with Crippen LogP contribution in [0, 0.1) is 5.92 Å². The van der Waals surface area contributed by atoms with Crippen LogP contribution < -0.4 is 15.1 Å². The third-order valence-electron chi connectivity index (χ3n) is 5.78. The van der Waals surface area contributed by atoms with Crippen molar-refractivity contribution in [2.45, 2.75) is 26.3 Å². The second-order valence-corrected chi connectivity index (χ2v) is 7.69. The molecule has 2 aromatic carbocycles. The molecule has 1 aromatic heterocycles. The lowest BCUT2D eigenvalue weighted by Gasteiger charge is -2.27. The summed E-state index contributed by atoms with van der Waals surface area (Å²) in [4.78, 5) is 18.5. The van der Waals surface area contributed by atoms with Crippen molar-refractivity contribution >= 4 is 10.9 Å². The average molecular weight is 363 g/mol. The Kier molecular flexibility index (Phi) is 4.99. The van der Waals surface area contributed by atoms with E-state index in [1.165, 1.54) is 17.7 Å². The van der Waals surface area contributed by atoms with Gasteiger partial charge in [0.15, 0.2) is 5.43 Å². The first-order valence-electron chi connectivity index (χ1n) is 9.77. The molecule has 1 aliphatic heterocycles. The number of quaternary nitrogens is 1. The van der Waals surface area contributed by atoms with Gasteiger partial charge in [-0.05, 0) is 42.5 Å². The summed E-state index contributed by atoms with van der Waals surface area (Å²) in [7, 11) is 1.63. The summed E-state index contributed by atoms with van der Waals surface area (Å²) in [5.41, 5.74) is 3.86. The minimum atomic E-state index is 0.118. The van der Waals surface area contributed by atoms with Gasteiger partial charge in [0.05, 0.1) is 37.0 Å². The second-order valence-electron chi connectivity index (χ2n) is 7.69. The number of piperidine rings is 1. The number of methoxy groups -OCH3 is 1. The van der Waals surface area contributed by atoms with E-state index in [9.17, 15) is 4.79 Å². The van der Waals surface area contributed by atoms with Crippen LogP contribution in [0.15, 0.2) is 53.3 Å². The topological polar surface area (TPSA) is 46.5 Å². The van der Waals surface area contributed by atoms with Gasteiger partial charge in [0.1, 0.15) is 12.3 Å². The lowest BCUT2D eigenvalue weighted by atomic mass is 9.97. The molecule has 0 aliphatic carbocycles. The van der Waals surface area contributed by atoms with Crippen molar-refractivity contribution in [2.24, 2.45) is 5.92 Å². The van der Waals surface area contributed by atoms with Gasteiger partial charge in [-0.15, -0.1) is 0 Å². The van der Waals surface area contributed by atoms with E-state index in [4.69, 9.17) is 4.74 Å². The predicted octanol–water partition coefficient (Wildman–Crippen LogP) is 3.02. The molecule has 3 aromatic rings. The quantitative estimate of drug-likeness (QED) is 0.749. The van der Waals surface area contributed by atoms with Crippen LogP contribution in [-0.4, -0.2) is 25.2 Å². The highest BCUT2D eigenvalue weighted by Gasteiger charge is 2.23. The Hall–Kier alpha value is -2.59. The summed E-state index contributed by atoms with van der Waals surface area (Å²) in [6, 6.07) is 15.8. The van der Waals surface area contributed by atoms with E-state index in [1.54, 1.807) is 7.11 Å². The molecule has 0 atom stereocenters. The minimum absolute atomic E-state index is 0.118. The Morgan fingerprint density at radius 2 is 1.85 bits per heavy atom. The molecular weight excluding hydrogens is 336 g/mol. The zero-order chi connectivity index (χ0) is 18.8. The van der Waals surface area contributed by atoms with Crippen LogP contribution in [0.4, 0.5) is 0 Å². The number of likely N-dealkylation sites (tertiary alicyclic amines) is 1. The number of hydrogen-bond donors (Lipinski definition) is 2. The molecular formula is C23H27N2O2+. The zero-order valence-electron chi connectivity index (χ0n) is 16.0. The Morgan fingerprint density at radius 1 is 1.11 bits per heavy atom. The highest BCUT2D eigenvalue weighted by Crippen LogP contribution is 2.24. The van der Waals surface area contributed by atoms with Gasteiger partial charge in [0.2, 0.25) is 0 Å². The van der Waals surface area contributed by atoms with E-state index in [0.29, 0.717) is 11.1 Å². The maximum absolute atomic E-state index is 13.4. The smallest absolute Gasteiger partial charge is 0.199 e. The second kappa shape index (κ2) is 7.57. The molecule has 140 valence electrons. The molecule has 1 saturated heterocycles. The number of aromatic nitrogens is 1. The fourth-order valence-electron chi connectivity index (χ4n) is 4.05. The van der Waals surface area contributed by atoms with Crippen LogP contribution in [0.5, 0.6) is 5.75 Å². The molecule has 4 heteroatoms. The lowest BCUT2D eigenvalue weighted by molar-refractivity contribution is -0.919. The summed E-state index contributed by atoms with van der Waals surface area (Å²) in [6.07, 6.45) is 2.46. The fraction of sp³-hybridized carbons (Fsp3) is 0.348. The third kappa shape index (κ3) is 3.62. The van der Waals surface area contributed by atoms with Gasteiger partial charge in [-0.1, -0.05) is 37.3 Å². The first-order valence-corrected chi connectivity index (χ1v) is 9.77. The first kappa shape index (κ1) is 17.8. The maximum Gasteiger partial charge on any atom is 0.199 e. The van der Waals surface area contributed by atoms with Gasteiger partial charge in [0, 0.05) is 5.39 Å². The number of benzene rings is 2. The highest BCUT2D eigenvalue weighted by molar-refractivity contribution is 5.84. The molecule has 1 fully saturated rings. The largest absolute Gasteiger partial charge is 0.497 e. The van der Waals surface area contributed by atoms with Crippen molar-refractivity contribution < 1.29 is 9.64 Å². The predicted molar refractivity (Wildman–Crippen MR) is 109 cm³/mol. The van der Waals surface area contributed by atoms with Crippen LogP contribution in [0.25, 0.3) is 22.2 Å². The van der Waals surface area contributed by atoms with Gasteiger partial charge in [0.25, 0.3) is 0 Å². The van der Waals surface area contributed by atoms with Crippen molar-refractivity contribution in [3.8, 4) is 17.0 Å². The summed E-state index contributed by atoms with van der Waals surface area (Å²) >= 11 is 0.